The lowest BCUT2D eigenvalue weighted by Gasteiger charge is -2.38. The van der Waals surface area contributed by atoms with Gasteiger partial charge in [-0.1, -0.05) is 0 Å². The number of rotatable bonds is 4. The van der Waals surface area contributed by atoms with E-state index in [-0.39, 0.29) is 11.4 Å². The van der Waals surface area contributed by atoms with Gasteiger partial charge in [-0.3, -0.25) is 4.79 Å². The first kappa shape index (κ1) is 11.5. The van der Waals surface area contributed by atoms with Crippen LogP contribution in [0.25, 0.3) is 0 Å². The van der Waals surface area contributed by atoms with E-state index < -0.39 is 0 Å². The monoisotopic (exact) mass is 200 g/mol. The highest BCUT2D eigenvalue weighted by Gasteiger charge is 2.29. The summed E-state index contributed by atoms with van der Waals surface area (Å²) in [6, 6.07) is 0. The Balaban J connectivity index is 2.37. The molecule has 0 aromatic rings. The quantitative estimate of drug-likeness (QED) is 0.661. The van der Waals surface area contributed by atoms with Gasteiger partial charge in [-0.2, -0.15) is 0 Å². The van der Waals surface area contributed by atoms with E-state index in [1.165, 1.54) is 0 Å². The number of hydrogen-bond donors (Lipinski definition) is 1. The average molecular weight is 200 g/mol. The van der Waals surface area contributed by atoms with Crippen molar-refractivity contribution < 1.29 is 9.53 Å². The number of ether oxygens (including phenoxy) is 1. The molecule has 1 heterocycles. The molecule has 1 amide bonds. The fourth-order valence-electron chi connectivity index (χ4n) is 1.65. The third-order valence-electron chi connectivity index (χ3n) is 2.43. The van der Waals surface area contributed by atoms with Gasteiger partial charge in [0.05, 0.1) is 6.54 Å². The second-order valence-electron chi connectivity index (χ2n) is 4.40. The number of carbonyl (C=O) groups is 1. The van der Waals surface area contributed by atoms with Gasteiger partial charge >= 0.3 is 0 Å². The summed E-state index contributed by atoms with van der Waals surface area (Å²) in [4.78, 5) is 13.4. The van der Waals surface area contributed by atoms with Gasteiger partial charge in [0.25, 0.3) is 0 Å². The molecule has 0 bridgehead atoms. The predicted molar refractivity (Wildman–Crippen MR) is 55.2 cm³/mol. The van der Waals surface area contributed by atoms with Gasteiger partial charge in [0.1, 0.15) is 0 Å². The Bertz CT molecular complexity index is 204. The zero-order chi connectivity index (χ0) is 10.6. The maximum absolute atomic E-state index is 11.5. The molecule has 14 heavy (non-hydrogen) atoms. The number of hydrogen-bond acceptors (Lipinski definition) is 3. The van der Waals surface area contributed by atoms with E-state index in [1.54, 1.807) is 7.11 Å². The number of methoxy groups -OCH3 is 1. The molecule has 82 valence electrons. The van der Waals surface area contributed by atoms with Crippen molar-refractivity contribution in [3.05, 3.63) is 0 Å². The Kier molecular flexibility index (Phi) is 3.89. The zero-order valence-electron chi connectivity index (χ0n) is 9.30. The van der Waals surface area contributed by atoms with Gasteiger partial charge in [0.2, 0.25) is 5.91 Å². The van der Waals surface area contributed by atoms with Crippen LogP contribution in [-0.2, 0) is 9.53 Å². The minimum absolute atomic E-state index is 0.0426. The van der Waals surface area contributed by atoms with Crippen LogP contribution in [0.3, 0.4) is 0 Å². The van der Waals surface area contributed by atoms with Crippen LogP contribution in [0.5, 0.6) is 0 Å². The van der Waals surface area contributed by atoms with Crippen molar-refractivity contribution in [2.45, 2.75) is 25.8 Å². The van der Waals surface area contributed by atoms with E-state index in [4.69, 9.17) is 4.74 Å². The fourth-order valence-corrected chi connectivity index (χ4v) is 1.65. The predicted octanol–water partition coefficient (Wildman–Crippen LogP) is 0.233. The molecule has 1 aliphatic heterocycles. The first-order chi connectivity index (χ1) is 6.55. The van der Waals surface area contributed by atoms with E-state index >= 15 is 0 Å². The topological polar surface area (TPSA) is 41.6 Å². The first-order valence-corrected chi connectivity index (χ1v) is 5.07. The molecule has 0 radical (unpaired) electrons. The van der Waals surface area contributed by atoms with Crippen molar-refractivity contribution in [2.75, 3.05) is 33.4 Å². The van der Waals surface area contributed by atoms with Crippen LogP contribution < -0.4 is 5.32 Å². The van der Waals surface area contributed by atoms with Crippen LogP contribution in [0, 0.1) is 0 Å². The van der Waals surface area contributed by atoms with E-state index in [0.717, 1.165) is 26.1 Å². The Morgan fingerprint density at radius 3 is 2.93 bits per heavy atom. The summed E-state index contributed by atoms with van der Waals surface area (Å²) in [7, 11) is 1.68. The molecule has 0 atom stereocenters. The third-order valence-corrected chi connectivity index (χ3v) is 2.43. The number of amides is 1. The van der Waals surface area contributed by atoms with E-state index in [1.807, 2.05) is 4.90 Å². The molecule has 4 nitrogen and oxygen atoms in total. The van der Waals surface area contributed by atoms with Gasteiger partial charge < -0.3 is 15.0 Å². The van der Waals surface area contributed by atoms with Crippen LogP contribution in [0.2, 0.25) is 0 Å². The lowest BCUT2D eigenvalue weighted by molar-refractivity contribution is -0.134. The van der Waals surface area contributed by atoms with E-state index in [0.29, 0.717) is 6.54 Å². The van der Waals surface area contributed by atoms with Crippen molar-refractivity contribution in [2.24, 2.45) is 0 Å². The van der Waals surface area contributed by atoms with Gasteiger partial charge in [-0.15, -0.1) is 0 Å². The van der Waals surface area contributed by atoms with Crippen LogP contribution in [0.15, 0.2) is 0 Å². The summed E-state index contributed by atoms with van der Waals surface area (Å²) in [5.41, 5.74) is 0.0426. The minimum Gasteiger partial charge on any atom is -0.385 e. The number of nitrogens with one attached hydrogen (secondary N) is 1. The summed E-state index contributed by atoms with van der Waals surface area (Å²) < 4.78 is 4.97. The molecule has 0 aromatic carbocycles. The summed E-state index contributed by atoms with van der Waals surface area (Å²) in [6.07, 6.45) is 0.915. The molecule has 0 aliphatic carbocycles. The molecule has 1 saturated heterocycles. The normalized spacial score (nSPS) is 21.4. The lowest BCUT2D eigenvalue weighted by atomic mass is 10.0. The zero-order valence-corrected chi connectivity index (χ0v) is 9.30. The first-order valence-electron chi connectivity index (χ1n) is 5.07. The van der Waals surface area contributed by atoms with Crippen LogP contribution in [0.1, 0.15) is 20.3 Å². The van der Waals surface area contributed by atoms with E-state index in [2.05, 4.69) is 19.2 Å². The van der Waals surface area contributed by atoms with Crippen molar-refractivity contribution in [1.29, 1.82) is 0 Å². The molecule has 0 unspecified atom stereocenters. The van der Waals surface area contributed by atoms with Gasteiger partial charge in [0.15, 0.2) is 0 Å². The average Bonchev–Trinajstić information content (AvgIpc) is 2.11. The second-order valence-corrected chi connectivity index (χ2v) is 4.40. The smallest absolute Gasteiger partial charge is 0.236 e. The van der Waals surface area contributed by atoms with Crippen LogP contribution in [-0.4, -0.2) is 49.7 Å². The summed E-state index contributed by atoms with van der Waals surface area (Å²) >= 11 is 0. The summed E-state index contributed by atoms with van der Waals surface area (Å²) in [5, 5.41) is 3.21. The molecular weight excluding hydrogens is 180 g/mol. The lowest BCUT2D eigenvalue weighted by Crippen LogP contribution is -2.59. The summed E-state index contributed by atoms with van der Waals surface area (Å²) in [5.74, 6) is 0.195. The fraction of sp³-hybridized carbons (Fsp3) is 0.900. The van der Waals surface area contributed by atoms with Gasteiger partial charge in [0, 0.05) is 32.3 Å². The molecule has 0 saturated carbocycles. The van der Waals surface area contributed by atoms with Gasteiger partial charge in [-0.25, -0.2) is 0 Å². The minimum atomic E-state index is 0.0426. The molecule has 1 fully saturated rings. The van der Waals surface area contributed by atoms with Crippen LogP contribution >= 0.6 is 0 Å². The maximum atomic E-state index is 11.5. The van der Waals surface area contributed by atoms with Crippen molar-refractivity contribution in [1.82, 2.24) is 10.2 Å². The van der Waals surface area contributed by atoms with E-state index in [9.17, 15) is 4.79 Å². The number of carbonyl (C=O) groups excluding carboxylic acids is 1. The van der Waals surface area contributed by atoms with Crippen LogP contribution in [0.4, 0.5) is 0 Å². The SMILES string of the molecule is COCCCN1CC(C)(C)NCC1=O. The summed E-state index contributed by atoms with van der Waals surface area (Å²) in [6.45, 7) is 7.00. The molecule has 1 N–H and O–H groups in total. The highest BCUT2D eigenvalue weighted by molar-refractivity contribution is 5.79. The van der Waals surface area contributed by atoms with Gasteiger partial charge in [-0.05, 0) is 20.3 Å². The Labute approximate surface area is 85.6 Å². The van der Waals surface area contributed by atoms with Crippen molar-refractivity contribution in [3.8, 4) is 0 Å². The van der Waals surface area contributed by atoms with Crippen molar-refractivity contribution >= 4 is 5.91 Å². The highest BCUT2D eigenvalue weighted by Crippen LogP contribution is 2.11. The maximum Gasteiger partial charge on any atom is 0.236 e. The second kappa shape index (κ2) is 4.75. The standard InChI is InChI=1S/C10H20N2O2/c1-10(2)8-12(5-4-6-14-3)9(13)7-11-10/h11H,4-8H2,1-3H3. The number of nitrogens with zero attached hydrogens (tertiary/aromatic N) is 1. The van der Waals surface area contributed by atoms with Crippen molar-refractivity contribution in [3.63, 3.8) is 0 Å². The molecule has 0 aromatic heterocycles. The molecule has 1 rings (SSSR count). The Hall–Kier alpha value is -0.610. The molecule has 4 heteroatoms. The molecular formula is C10H20N2O2. The highest BCUT2D eigenvalue weighted by atomic mass is 16.5. The Morgan fingerprint density at radius 1 is 1.57 bits per heavy atom. The largest absolute Gasteiger partial charge is 0.385 e. The molecule has 1 aliphatic rings. The molecule has 0 spiro atoms. The Morgan fingerprint density at radius 2 is 2.29 bits per heavy atom. The third kappa shape index (κ3) is 3.27. The number of piperazine rings is 1.